The number of nitrogens with zero attached hydrogens (tertiary/aromatic N) is 1. The number of carbonyl (C=O) groups excluding carboxylic acids is 1. The Kier molecular flexibility index (Phi) is 4.94. The number of hydrogen-bond donors (Lipinski definition) is 1. The molecule has 1 aromatic heterocycles. The summed E-state index contributed by atoms with van der Waals surface area (Å²) in [5.41, 5.74) is 0.629. The molecule has 0 bridgehead atoms. The first kappa shape index (κ1) is 13.9. The highest BCUT2D eigenvalue weighted by atomic mass is 16.5. The summed E-state index contributed by atoms with van der Waals surface area (Å²) < 4.78 is 10.7. The first-order chi connectivity index (χ1) is 9.79. The molecule has 5 heteroatoms. The summed E-state index contributed by atoms with van der Waals surface area (Å²) in [6.45, 7) is 2.33. The van der Waals surface area contributed by atoms with Crippen LogP contribution in [0.15, 0.2) is 48.7 Å². The molecule has 0 spiro atoms. The van der Waals surface area contributed by atoms with Crippen molar-refractivity contribution in [2.45, 2.75) is 6.92 Å². The Balaban J connectivity index is 1.91. The second-order valence-electron chi connectivity index (χ2n) is 3.93. The van der Waals surface area contributed by atoms with Crippen LogP contribution < -0.4 is 14.8 Å². The quantitative estimate of drug-likeness (QED) is 0.877. The van der Waals surface area contributed by atoms with Gasteiger partial charge in [0, 0.05) is 12.3 Å². The van der Waals surface area contributed by atoms with Gasteiger partial charge in [-0.1, -0.05) is 18.2 Å². The van der Waals surface area contributed by atoms with Gasteiger partial charge < -0.3 is 14.8 Å². The summed E-state index contributed by atoms with van der Waals surface area (Å²) in [4.78, 5) is 15.8. The zero-order chi connectivity index (χ0) is 14.2. The number of amides is 1. The van der Waals surface area contributed by atoms with Crippen LogP contribution in [0, 0.1) is 0 Å². The minimum Gasteiger partial charge on any atom is -0.492 e. The number of ether oxygens (including phenoxy) is 2. The van der Waals surface area contributed by atoms with E-state index in [1.54, 1.807) is 36.5 Å². The molecule has 0 aliphatic heterocycles. The van der Waals surface area contributed by atoms with Crippen molar-refractivity contribution >= 4 is 11.6 Å². The monoisotopic (exact) mass is 272 g/mol. The van der Waals surface area contributed by atoms with Gasteiger partial charge >= 0.3 is 0 Å². The van der Waals surface area contributed by atoms with Crippen LogP contribution in [0.5, 0.6) is 11.6 Å². The van der Waals surface area contributed by atoms with Crippen LogP contribution in [0.3, 0.4) is 0 Å². The molecule has 104 valence electrons. The number of pyridine rings is 1. The fourth-order valence-electron chi connectivity index (χ4n) is 1.61. The van der Waals surface area contributed by atoms with Gasteiger partial charge in [-0.15, -0.1) is 0 Å². The van der Waals surface area contributed by atoms with Gasteiger partial charge in [0.1, 0.15) is 5.75 Å². The first-order valence-electron chi connectivity index (χ1n) is 6.35. The van der Waals surface area contributed by atoms with Crippen LogP contribution in [-0.4, -0.2) is 24.1 Å². The maximum absolute atomic E-state index is 11.8. The van der Waals surface area contributed by atoms with E-state index in [0.717, 1.165) is 0 Å². The van der Waals surface area contributed by atoms with Crippen molar-refractivity contribution in [3.05, 3.63) is 48.7 Å². The fourth-order valence-corrected chi connectivity index (χ4v) is 1.61. The lowest BCUT2D eigenvalue weighted by Gasteiger charge is -2.11. The molecule has 1 N–H and O–H groups in total. The number of nitrogens with one attached hydrogen (secondary N) is 1. The van der Waals surface area contributed by atoms with Gasteiger partial charge in [0.15, 0.2) is 6.61 Å². The third-order valence-electron chi connectivity index (χ3n) is 2.45. The van der Waals surface area contributed by atoms with E-state index in [2.05, 4.69) is 10.3 Å². The van der Waals surface area contributed by atoms with E-state index in [-0.39, 0.29) is 12.5 Å². The number of hydrogen-bond acceptors (Lipinski definition) is 4. The van der Waals surface area contributed by atoms with Crippen molar-refractivity contribution in [3.8, 4) is 11.6 Å². The number of anilines is 1. The first-order valence-corrected chi connectivity index (χ1v) is 6.35. The van der Waals surface area contributed by atoms with E-state index in [1.165, 1.54) is 0 Å². The highest BCUT2D eigenvalue weighted by Gasteiger charge is 2.08. The summed E-state index contributed by atoms with van der Waals surface area (Å²) in [6.07, 6.45) is 1.61. The Morgan fingerprint density at radius 1 is 1.15 bits per heavy atom. The van der Waals surface area contributed by atoms with Crippen LogP contribution in [0.25, 0.3) is 0 Å². The zero-order valence-corrected chi connectivity index (χ0v) is 11.2. The maximum Gasteiger partial charge on any atom is 0.262 e. The van der Waals surface area contributed by atoms with Crippen molar-refractivity contribution in [2.24, 2.45) is 0 Å². The third-order valence-corrected chi connectivity index (χ3v) is 2.45. The van der Waals surface area contributed by atoms with Gasteiger partial charge in [0.05, 0.1) is 12.3 Å². The molecule has 0 aliphatic rings. The van der Waals surface area contributed by atoms with Gasteiger partial charge in [-0.2, -0.15) is 0 Å². The number of para-hydroxylation sites is 2. The molecule has 1 amide bonds. The van der Waals surface area contributed by atoms with Crippen LogP contribution in [0.2, 0.25) is 0 Å². The number of benzene rings is 1. The number of aromatic nitrogens is 1. The van der Waals surface area contributed by atoms with Crippen molar-refractivity contribution in [2.75, 3.05) is 18.5 Å². The van der Waals surface area contributed by atoms with Gasteiger partial charge in [-0.25, -0.2) is 4.98 Å². The number of rotatable bonds is 6. The van der Waals surface area contributed by atoms with Crippen molar-refractivity contribution in [1.82, 2.24) is 4.98 Å². The highest BCUT2D eigenvalue weighted by Crippen LogP contribution is 2.23. The van der Waals surface area contributed by atoms with E-state index in [1.807, 2.05) is 19.1 Å². The molecule has 0 atom stereocenters. The average Bonchev–Trinajstić information content (AvgIpc) is 2.49. The highest BCUT2D eigenvalue weighted by molar-refractivity contribution is 5.93. The molecule has 5 nitrogen and oxygen atoms in total. The molecule has 2 rings (SSSR count). The summed E-state index contributed by atoms with van der Waals surface area (Å²) in [5.74, 6) is 0.796. The van der Waals surface area contributed by atoms with E-state index in [4.69, 9.17) is 9.47 Å². The Morgan fingerprint density at radius 2 is 1.95 bits per heavy atom. The molecular formula is C15H16N2O3. The predicted molar refractivity (Wildman–Crippen MR) is 76.0 cm³/mol. The molecule has 1 heterocycles. The van der Waals surface area contributed by atoms with Crippen molar-refractivity contribution < 1.29 is 14.3 Å². The molecule has 0 aliphatic carbocycles. The lowest BCUT2D eigenvalue weighted by Crippen LogP contribution is -2.20. The Labute approximate surface area is 117 Å². The summed E-state index contributed by atoms with van der Waals surface area (Å²) in [5, 5.41) is 2.75. The Hall–Kier alpha value is -2.56. The van der Waals surface area contributed by atoms with Crippen LogP contribution >= 0.6 is 0 Å². The molecule has 0 unspecified atom stereocenters. The van der Waals surface area contributed by atoms with Crippen LogP contribution in [-0.2, 0) is 4.79 Å². The van der Waals surface area contributed by atoms with E-state index >= 15 is 0 Å². The fraction of sp³-hybridized carbons (Fsp3) is 0.200. The lowest BCUT2D eigenvalue weighted by atomic mass is 10.3. The molecule has 2 aromatic rings. The van der Waals surface area contributed by atoms with Gasteiger partial charge in [0.25, 0.3) is 5.91 Å². The minimum atomic E-state index is -0.261. The third kappa shape index (κ3) is 3.98. The van der Waals surface area contributed by atoms with E-state index in [0.29, 0.717) is 23.9 Å². The van der Waals surface area contributed by atoms with Gasteiger partial charge in [-0.3, -0.25) is 4.79 Å². The molecule has 0 radical (unpaired) electrons. The summed E-state index contributed by atoms with van der Waals surface area (Å²) >= 11 is 0. The molecule has 0 saturated heterocycles. The summed E-state index contributed by atoms with van der Waals surface area (Å²) in [6, 6.07) is 12.5. The van der Waals surface area contributed by atoms with Crippen molar-refractivity contribution in [1.29, 1.82) is 0 Å². The Bertz CT molecular complexity index is 558. The zero-order valence-electron chi connectivity index (χ0n) is 11.2. The summed E-state index contributed by atoms with van der Waals surface area (Å²) in [7, 11) is 0. The van der Waals surface area contributed by atoms with Crippen LogP contribution in [0.1, 0.15) is 6.92 Å². The molecule has 0 fully saturated rings. The molecule has 0 saturated carbocycles. The lowest BCUT2D eigenvalue weighted by molar-refractivity contribution is -0.118. The molecule has 1 aromatic carbocycles. The smallest absolute Gasteiger partial charge is 0.262 e. The van der Waals surface area contributed by atoms with E-state index < -0.39 is 0 Å². The molecule has 20 heavy (non-hydrogen) atoms. The second kappa shape index (κ2) is 7.13. The topological polar surface area (TPSA) is 60.5 Å². The largest absolute Gasteiger partial charge is 0.492 e. The average molecular weight is 272 g/mol. The minimum absolute atomic E-state index is 0.0997. The van der Waals surface area contributed by atoms with Gasteiger partial charge in [-0.05, 0) is 25.1 Å². The standard InChI is InChI=1S/C15H16N2O3/c1-2-19-13-8-4-3-7-12(13)17-14(18)11-20-15-9-5-6-10-16-15/h3-10H,2,11H2,1H3,(H,17,18). The van der Waals surface area contributed by atoms with Crippen LogP contribution in [0.4, 0.5) is 5.69 Å². The van der Waals surface area contributed by atoms with Crippen molar-refractivity contribution in [3.63, 3.8) is 0 Å². The predicted octanol–water partition coefficient (Wildman–Crippen LogP) is 2.50. The van der Waals surface area contributed by atoms with E-state index in [9.17, 15) is 4.79 Å². The second-order valence-corrected chi connectivity index (χ2v) is 3.93. The normalized spacial score (nSPS) is 9.85. The van der Waals surface area contributed by atoms with Gasteiger partial charge in [0.2, 0.25) is 5.88 Å². The number of carbonyl (C=O) groups is 1. The Morgan fingerprint density at radius 3 is 2.70 bits per heavy atom. The molecular weight excluding hydrogens is 256 g/mol. The SMILES string of the molecule is CCOc1ccccc1NC(=O)COc1ccccn1. The maximum atomic E-state index is 11.8.